The Morgan fingerprint density at radius 1 is 1.56 bits per heavy atom. The first-order chi connectivity index (χ1) is 8.70. The van der Waals surface area contributed by atoms with Crippen LogP contribution in [-0.2, 0) is 0 Å². The molecule has 0 unspecified atom stereocenters. The van der Waals surface area contributed by atoms with Gasteiger partial charge in [-0.25, -0.2) is 10.4 Å². The van der Waals surface area contributed by atoms with Gasteiger partial charge in [0.1, 0.15) is 5.75 Å². The van der Waals surface area contributed by atoms with Gasteiger partial charge in [0, 0.05) is 16.6 Å². The number of ether oxygens (including phenoxy) is 1. The van der Waals surface area contributed by atoms with Crippen LogP contribution in [0.5, 0.6) is 5.75 Å². The maximum Gasteiger partial charge on any atom is 0.212 e. The number of aliphatic imine (C=N–C) groups is 1. The normalized spacial score (nSPS) is 15.1. The summed E-state index contributed by atoms with van der Waals surface area (Å²) in [5, 5.41) is 7.39. The zero-order valence-electron chi connectivity index (χ0n) is 10.3. The summed E-state index contributed by atoms with van der Waals surface area (Å²) in [6, 6.07) is 5.82. The molecule has 1 aliphatic heterocycles. The van der Waals surface area contributed by atoms with Gasteiger partial charge in [-0.2, -0.15) is 5.10 Å². The average molecular weight is 311 g/mol. The summed E-state index contributed by atoms with van der Waals surface area (Å²) in [6.07, 6.45) is 0. The second-order valence-electron chi connectivity index (χ2n) is 3.81. The summed E-state index contributed by atoms with van der Waals surface area (Å²) < 4.78 is 6.31. The van der Waals surface area contributed by atoms with Crippen molar-refractivity contribution in [1.29, 1.82) is 0 Å². The van der Waals surface area contributed by atoms with E-state index in [2.05, 4.69) is 36.8 Å². The van der Waals surface area contributed by atoms with Gasteiger partial charge in [0.2, 0.25) is 5.96 Å². The highest BCUT2D eigenvalue weighted by molar-refractivity contribution is 9.10. The molecule has 0 atom stereocenters. The van der Waals surface area contributed by atoms with E-state index in [1.165, 1.54) is 0 Å². The summed E-state index contributed by atoms with van der Waals surface area (Å²) in [5.74, 6) is 1.51. The number of hydrazone groups is 1. The van der Waals surface area contributed by atoms with Gasteiger partial charge in [-0.3, -0.25) is 0 Å². The van der Waals surface area contributed by atoms with Gasteiger partial charge in [-0.05, 0) is 25.1 Å². The lowest BCUT2D eigenvalue weighted by Gasteiger charge is -2.09. The lowest BCUT2D eigenvalue weighted by Crippen LogP contribution is -2.30. The Kier molecular flexibility index (Phi) is 4.19. The monoisotopic (exact) mass is 310 g/mol. The third kappa shape index (κ3) is 3.01. The van der Waals surface area contributed by atoms with Crippen LogP contribution in [0.4, 0.5) is 0 Å². The summed E-state index contributed by atoms with van der Waals surface area (Å²) >= 11 is 3.44. The number of nitrogens with one attached hydrogen (secondary N) is 2. The van der Waals surface area contributed by atoms with Gasteiger partial charge in [-0.1, -0.05) is 15.9 Å². The second-order valence-corrected chi connectivity index (χ2v) is 4.73. The fourth-order valence-electron chi connectivity index (χ4n) is 1.63. The Morgan fingerprint density at radius 3 is 3.06 bits per heavy atom. The lowest BCUT2D eigenvalue weighted by atomic mass is 10.1. The molecular weight excluding hydrogens is 296 g/mol. The van der Waals surface area contributed by atoms with Crippen LogP contribution in [0.15, 0.2) is 32.8 Å². The third-order valence-corrected chi connectivity index (χ3v) is 3.05. The molecule has 0 aliphatic carbocycles. The van der Waals surface area contributed by atoms with Crippen LogP contribution in [0.25, 0.3) is 0 Å². The molecule has 2 N–H and O–H groups in total. The molecule has 0 radical (unpaired) electrons. The number of halogens is 1. The third-order valence-electron chi connectivity index (χ3n) is 2.55. The molecule has 1 aliphatic rings. The van der Waals surface area contributed by atoms with Gasteiger partial charge in [-0.15, -0.1) is 0 Å². The minimum Gasteiger partial charge on any atom is -0.496 e. The smallest absolute Gasteiger partial charge is 0.212 e. The molecule has 0 spiro atoms. The SMILES string of the molecule is COc1ccc(Br)cc1/C(C)=N/NC1=NCCN1. The van der Waals surface area contributed by atoms with Crippen molar-refractivity contribution >= 4 is 27.6 Å². The Labute approximate surface area is 114 Å². The van der Waals surface area contributed by atoms with Crippen molar-refractivity contribution in [3.8, 4) is 5.75 Å². The van der Waals surface area contributed by atoms with E-state index in [0.29, 0.717) is 5.96 Å². The molecular formula is C12H15BrN4O. The molecule has 0 saturated carbocycles. The van der Waals surface area contributed by atoms with Crippen molar-refractivity contribution < 1.29 is 4.74 Å². The number of benzene rings is 1. The zero-order chi connectivity index (χ0) is 13.0. The molecule has 2 rings (SSSR count). The van der Waals surface area contributed by atoms with Crippen LogP contribution in [0.2, 0.25) is 0 Å². The van der Waals surface area contributed by atoms with Crippen LogP contribution in [0.3, 0.4) is 0 Å². The predicted octanol–water partition coefficient (Wildman–Crippen LogP) is 1.73. The average Bonchev–Trinajstić information content (AvgIpc) is 2.89. The molecule has 0 bridgehead atoms. The van der Waals surface area contributed by atoms with Crippen molar-refractivity contribution in [2.75, 3.05) is 20.2 Å². The van der Waals surface area contributed by atoms with Gasteiger partial charge in [0.25, 0.3) is 0 Å². The van der Waals surface area contributed by atoms with Gasteiger partial charge in [0.05, 0.1) is 19.4 Å². The van der Waals surface area contributed by atoms with Crippen LogP contribution in [0.1, 0.15) is 12.5 Å². The van der Waals surface area contributed by atoms with E-state index in [1.54, 1.807) is 7.11 Å². The van der Waals surface area contributed by atoms with Gasteiger partial charge < -0.3 is 10.1 Å². The van der Waals surface area contributed by atoms with Crippen LogP contribution < -0.4 is 15.5 Å². The molecule has 1 aromatic carbocycles. The molecule has 0 aromatic heterocycles. The minimum absolute atomic E-state index is 0.711. The Hall–Kier alpha value is -1.56. The number of hydrogen-bond donors (Lipinski definition) is 2. The predicted molar refractivity (Wildman–Crippen MR) is 76.3 cm³/mol. The molecule has 6 heteroatoms. The fourth-order valence-corrected chi connectivity index (χ4v) is 1.99. The first-order valence-corrected chi connectivity index (χ1v) is 6.42. The highest BCUT2D eigenvalue weighted by atomic mass is 79.9. The topological polar surface area (TPSA) is 58.0 Å². The molecule has 1 heterocycles. The van der Waals surface area contributed by atoms with Crippen molar-refractivity contribution in [3.05, 3.63) is 28.2 Å². The number of hydrogen-bond acceptors (Lipinski definition) is 5. The number of guanidine groups is 1. The zero-order valence-corrected chi connectivity index (χ0v) is 11.9. The van der Waals surface area contributed by atoms with E-state index < -0.39 is 0 Å². The largest absolute Gasteiger partial charge is 0.496 e. The molecule has 5 nitrogen and oxygen atoms in total. The van der Waals surface area contributed by atoms with E-state index in [9.17, 15) is 0 Å². The highest BCUT2D eigenvalue weighted by Crippen LogP contribution is 2.23. The minimum atomic E-state index is 0.711. The van der Waals surface area contributed by atoms with E-state index in [1.807, 2.05) is 25.1 Å². The molecule has 0 saturated heterocycles. The van der Waals surface area contributed by atoms with Gasteiger partial charge in [0.15, 0.2) is 0 Å². The second kappa shape index (κ2) is 5.86. The van der Waals surface area contributed by atoms with Crippen molar-refractivity contribution in [1.82, 2.24) is 10.7 Å². The summed E-state index contributed by atoms with van der Waals surface area (Å²) in [7, 11) is 1.65. The lowest BCUT2D eigenvalue weighted by molar-refractivity contribution is 0.414. The maximum absolute atomic E-state index is 5.32. The number of methoxy groups -OCH3 is 1. The molecule has 18 heavy (non-hydrogen) atoms. The summed E-state index contributed by atoms with van der Waals surface area (Å²) in [4.78, 5) is 4.21. The maximum atomic E-state index is 5.32. The van der Waals surface area contributed by atoms with Crippen LogP contribution in [-0.4, -0.2) is 31.9 Å². The molecule has 1 aromatic rings. The summed E-state index contributed by atoms with van der Waals surface area (Å²) in [6.45, 7) is 3.57. The van der Waals surface area contributed by atoms with E-state index >= 15 is 0 Å². The van der Waals surface area contributed by atoms with Crippen molar-refractivity contribution in [3.63, 3.8) is 0 Å². The van der Waals surface area contributed by atoms with E-state index in [4.69, 9.17) is 4.74 Å². The Balaban J connectivity index is 2.18. The van der Waals surface area contributed by atoms with Crippen LogP contribution in [0, 0.1) is 0 Å². The van der Waals surface area contributed by atoms with Crippen molar-refractivity contribution in [2.24, 2.45) is 10.1 Å². The van der Waals surface area contributed by atoms with E-state index in [0.717, 1.165) is 34.6 Å². The standard InChI is InChI=1S/C12H15BrN4O/c1-8(16-17-12-14-5-6-15-12)10-7-9(13)3-4-11(10)18-2/h3-4,7H,5-6H2,1-2H3,(H2,14,15,17)/b16-8+. The molecule has 0 fully saturated rings. The van der Waals surface area contributed by atoms with Crippen molar-refractivity contribution in [2.45, 2.75) is 6.92 Å². The Morgan fingerprint density at radius 2 is 2.39 bits per heavy atom. The Bertz CT molecular complexity index is 499. The molecule has 96 valence electrons. The first kappa shape index (κ1) is 12.9. The molecule has 0 amide bonds. The summed E-state index contributed by atoms with van der Waals surface area (Å²) in [5.41, 5.74) is 4.69. The van der Waals surface area contributed by atoms with Gasteiger partial charge >= 0.3 is 0 Å². The quantitative estimate of drug-likeness (QED) is 0.660. The fraction of sp³-hybridized carbons (Fsp3) is 0.333. The van der Waals surface area contributed by atoms with Crippen LogP contribution >= 0.6 is 15.9 Å². The van der Waals surface area contributed by atoms with E-state index in [-0.39, 0.29) is 0 Å². The number of nitrogens with zero attached hydrogens (tertiary/aromatic N) is 2. The highest BCUT2D eigenvalue weighted by Gasteiger charge is 2.08. The first-order valence-electron chi connectivity index (χ1n) is 5.63. The number of rotatable bonds is 3.